The van der Waals surface area contributed by atoms with Crippen LogP contribution >= 0.6 is 0 Å². The molecule has 0 amide bonds. The summed E-state index contributed by atoms with van der Waals surface area (Å²) in [7, 11) is 0. The Morgan fingerprint density at radius 2 is 1.10 bits per heavy atom. The van der Waals surface area contributed by atoms with Gasteiger partial charge in [-0.2, -0.15) is 0 Å². The molecule has 0 aliphatic rings. The van der Waals surface area contributed by atoms with Crippen LogP contribution in [0.1, 0.15) is 86.0 Å². The lowest BCUT2D eigenvalue weighted by Crippen LogP contribution is -2.47. The highest BCUT2D eigenvalue weighted by atomic mass is 16.4. The Hall–Kier alpha value is -0.570. The first kappa shape index (κ1) is 22.7. The molecule has 0 saturated heterocycles. The fourth-order valence-corrected chi connectivity index (χ4v) is 2.57. The smallest absolute Gasteiger partial charge is 0.0757 e. The van der Waals surface area contributed by atoms with Crippen molar-refractivity contribution in [3.8, 4) is 0 Å². The van der Waals surface area contributed by atoms with Crippen LogP contribution in [0.2, 0.25) is 0 Å². The molecule has 3 heteroatoms. The van der Waals surface area contributed by atoms with Crippen molar-refractivity contribution in [3.05, 3.63) is 0 Å². The van der Waals surface area contributed by atoms with Crippen LogP contribution in [-0.2, 0) is 4.79 Å². The highest BCUT2D eigenvalue weighted by Crippen LogP contribution is 2.07. The molecule has 3 nitrogen and oxygen atoms in total. The molecule has 0 heterocycles. The third-order valence-corrected chi connectivity index (χ3v) is 4.67. The maximum absolute atomic E-state index is 10.0. The van der Waals surface area contributed by atoms with Crippen molar-refractivity contribution < 1.29 is 14.4 Å². The number of rotatable bonds is 12. The van der Waals surface area contributed by atoms with Gasteiger partial charge in [-0.25, -0.2) is 0 Å². The molecule has 0 rings (SSSR count). The molecular weight excluding hydrogens is 262 g/mol. The molecule has 0 saturated carbocycles. The third-order valence-electron chi connectivity index (χ3n) is 4.67. The van der Waals surface area contributed by atoms with Crippen LogP contribution in [0.15, 0.2) is 0 Å². The van der Waals surface area contributed by atoms with Crippen LogP contribution in [0.3, 0.4) is 0 Å². The Bertz CT molecular complexity index is 208. The number of hydrogen-bond donors (Lipinski definition) is 0. The van der Waals surface area contributed by atoms with E-state index in [1.165, 1.54) is 62.8 Å². The number of carboxylic acid groups (broad SMARTS) is 1. The van der Waals surface area contributed by atoms with Gasteiger partial charge in [-0.3, -0.25) is 0 Å². The molecule has 21 heavy (non-hydrogen) atoms. The lowest BCUT2D eigenvalue weighted by molar-refractivity contribution is -0.921. The quantitative estimate of drug-likeness (QED) is 0.407. The van der Waals surface area contributed by atoms with Crippen molar-refractivity contribution in [2.24, 2.45) is 0 Å². The number of hydrogen-bond acceptors (Lipinski definition) is 2. The van der Waals surface area contributed by atoms with E-state index in [2.05, 4.69) is 34.6 Å². The lowest BCUT2D eigenvalue weighted by Gasteiger charge is -2.34. The molecule has 128 valence electrons. The average Bonchev–Trinajstić information content (AvgIpc) is 2.50. The topological polar surface area (TPSA) is 40.1 Å². The highest BCUT2D eigenvalue weighted by molar-refractivity contribution is 5.63. The monoisotopic (exact) mass is 301 g/mol. The van der Waals surface area contributed by atoms with Crippen LogP contribution in [0, 0.1) is 0 Å². The Morgan fingerprint density at radius 1 is 0.714 bits per heavy atom. The van der Waals surface area contributed by atoms with Crippen molar-refractivity contribution in [3.63, 3.8) is 0 Å². The second-order valence-corrected chi connectivity index (χ2v) is 5.85. The van der Waals surface area contributed by atoms with Gasteiger partial charge in [0.15, 0.2) is 0 Å². The number of carboxylic acids is 1. The minimum atomic E-state index is -0.913. The van der Waals surface area contributed by atoms with E-state index in [1.54, 1.807) is 0 Å². The molecule has 0 aromatic heterocycles. The second kappa shape index (κ2) is 15.8. The largest absolute Gasteiger partial charge is 0.550 e. The maximum Gasteiger partial charge on any atom is 0.0757 e. The molecule has 0 aliphatic heterocycles. The summed E-state index contributed by atoms with van der Waals surface area (Å²) < 4.78 is 1.28. The minimum Gasteiger partial charge on any atom is -0.550 e. The fraction of sp³-hybridized carbons (Fsp3) is 0.944. The number of aliphatic carboxylic acids is 1. The number of quaternary nitrogens is 1. The van der Waals surface area contributed by atoms with Gasteiger partial charge >= 0.3 is 0 Å². The number of carbonyl (C=O) groups is 1. The van der Waals surface area contributed by atoms with Gasteiger partial charge < -0.3 is 14.4 Å². The SMILES string of the molecule is CCCCCCCCCC(=O)[O-].CC[N+](CC)(CC)CC. The van der Waals surface area contributed by atoms with E-state index >= 15 is 0 Å². The summed E-state index contributed by atoms with van der Waals surface area (Å²) >= 11 is 0. The Labute approximate surface area is 133 Å². The van der Waals surface area contributed by atoms with Crippen LogP contribution in [0.25, 0.3) is 0 Å². The second-order valence-electron chi connectivity index (χ2n) is 5.85. The number of carbonyl (C=O) groups excluding carboxylic acids is 1. The molecule has 0 unspecified atom stereocenters. The summed E-state index contributed by atoms with van der Waals surface area (Å²) in [6, 6.07) is 0. The van der Waals surface area contributed by atoms with E-state index in [0.717, 1.165) is 12.8 Å². The van der Waals surface area contributed by atoms with E-state index < -0.39 is 5.97 Å². The zero-order valence-electron chi connectivity index (χ0n) is 15.2. The molecule has 0 bridgehead atoms. The first-order valence-corrected chi connectivity index (χ1v) is 9.06. The molecule has 0 spiro atoms. The normalized spacial score (nSPS) is 10.9. The van der Waals surface area contributed by atoms with Gasteiger partial charge in [-0.15, -0.1) is 0 Å². The van der Waals surface area contributed by atoms with Crippen molar-refractivity contribution in [1.29, 1.82) is 0 Å². The van der Waals surface area contributed by atoms with E-state index in [4.69, 9.17) is 0 Å². The first-order valence-electron chi connectivity index (χ1n) is 9.06. The van der Waals surface area contributed by atoms with Gasteiger partial charge in [-0.1, -0.05) is 45.4 Å². The van der Waals surface area contributed by atoms with Gasteiger partial charge in [0, 0.05) is 5.97 Å². The predicted octanol–water partition coefficient (Wildman–Crippen LogP) is 3.76. The van der Waals surface area contributed by atoms with Gasteiger partial charge in [0.05, 0.1) is 26.2 Å². The number of unbranched alkanes of at least 4 members (excludes halogenated alkanes) is 6. The number of nitrogens with zero attached hydrogens (tertiary/aromatic N) is 1. The van der Waals surface area contributed by atoms with Gasteiger partial charge in [0.1, 0.15) is 0 Å². The fourth-order valence-electron chi connectivity index (χ4n) is 2.57. The van der Waals surface area contributed by atoms with Crippen LogP contribution in [0.5, 0.6) is 0 Å². The van der Waals surface area contributed by atoms with Crippen molar-refractivity contribution in [1.82, 2.24) is 0 Å². The molecule has 0 radical (unpaired) electrons. The van der Waals surface area contributed by atoms with Gasteiger partial charge in [-0.05, 0) is 40.5 Å². The van der Waals surface area contributed by atoms with E-state index in [9.17, 15) is 9.90 Å². The summed E-state index contributed by atoms with van der Waals surface area (Å²) in [6.45, 7) is 16.4. The van der Waals surface area contributed by atoms with Crippen molar-refractivity contribution in [2.75, 3.05) is 26.2 Å². The van der Waals surface area contributed by atoms with Crippen molar-refractivity contribution >= 4 is 5.97 Å². The van der Waals surface area contributed by atoms with E-state index in [1.807, 2.05) is 0 Å². The van der Waals surface area contributed by atoms with E-state index in [-0.39, 0.29) is 6.42 Å². The van der Waals surface area contributed by atoms with Crippen LogP contribution in [0.4, 0.5) is 0 Å². The van der Waals surface area contributed by atoms with Gasteiger partial charge in [0.2, 0.25) is 0 Å². The molecule has 0 atom stereocenters. The van der Waals surface area contributed by atoms with Crippen LogP contribution < -0.4 is 5.11 Å². The Kier molecular flexibility index (Phi) is 17.1. The zero-order valence-corrected chi connectivity index (χ0v) is 15.2. The first-order chi connectivity index (χ1) is 10.0. The average molecular weight is 302 g/mol. The molecular formula is C18H39NO2. The predicted molar refractivity (Wildman–Crippen MR) is 90.0 cm³/mol. The molecule has 0 aliphatic carbocycles. The Balaban J connectivity index is 0. The minimum absolute atomic E-state index is 0.230. The molecule has 0 aromatic carbocycles. The lowest BCUT2D eigenvalue weighted by atomic mass is 10.1. The summed E-state index contributed by atoms with van der Waals surface area (Å²) in [4.78, 5) is 10.0. The molecule has 0 N–H and O–H groups in total. The summed E-state index contributed by atoms with van der Waals surface area (Å²) in [6.07, 6.45) is 8.34. The van der Waals surface area contributed by atoms with Crippen LogP contribution in [-0.4, -0.2) is 36.6 Å². The molecule has 0 fully saturated rings. The summed E-state index contributed by atoms with van der Waals surface area (Å²) in [5.74, 6) is -0.913. The van der Waals surface area contributed by atoms with E-state index in [0.29, 0.717) is 0 Å². The third kappa shape index (κ3) is 14.1. The standard InChI is InChI=1S/C10H20O2.C8H20N/c1-2-3-4-5-6-7-8-9-10(11)12;1-5-9(6-2,7-3)8-4/h2-9H2,1H3,(H,11,12);5-8H2,1-4H3/q;+1/p-1. The Morgan fingerprint density at radius 3 is 1.38 bits per heavy atom. The maximum atomic E-state index is 10.0. The van der Waals surface area contributed by atoms with Crippen molar-refractivity contribution in [2.45, 2.75) is 86.0 Å². The highest BCUT2D eigenvalue weighted by Gasteiger charge is 2.16. The summed E-state index contributed by atoms with van der Waals surface area (Å²) in [5.41, 5.74) is 0. The molecule has 0 aromatic rings. The zero-order chi connectivity index (χ0) is 16.6. The van der Waals surface area contributed by atoms with Gasteiger partial charge in [0.25, 0.3) is 0 Å². The summed E-state index contributed by atoms with van der Waals surface area (Å²) in [5, 5.41) is 10.0.